The van der Waals surface area contributed by atoms with Gasteiger partial charge in [0, 0.05) is 22.7 Å². The van der Waals surface area contributed by atoms with Crippen LogP contribution in [0.3, 0.4) is 0 Å². The molecule has 42 heavy (non-hydrogen) atoms. The third-order valence-electron chi connectivity index (χ3n) is 7.31. The van der Waals surface area contributed by atoms with Crippen molar-refractivity contribution in [3.05, 3.63) is 192 Å². The highest BCUT2D eigenvalue weighted by Gasteiger charge is 2.25. The Bertz CT molecular complexity index is 1600. The third kappa shape index (κ3) is 8.04. The number of rotatable bonds is 8. The van der Waals surface area contributed by atoms with Gasteiger partial charge in [-0.15, -0.1) is 18.5 Å². The zero-order chi connectivity index (χ0) is 29.0. The molecule has 0 saturated heterocycles. The van der Waals surface area contributed by atoms with Crippen molar-refractivity contribution < 1.29 is 4.74 Å². The lowest BCUT2D eigenvalue weighted by Gasteiger charge is -2.27. The van der Waals surface area contributed by atoms with Crippen molar-refractivity contribution in [1.29, 1.82) is 0 Å². The van der Waals surface area contributed by atoms with Crippen LogP contribution in [0.15, 0.2) is 170 Å². The van der Waals surface area contributed by atoms with Gasteiger partial charge in [-0.25, -0.2) is 0 Å². The van der Waals surface area contributed by atoms with E-state index in [2.05, 4.69) is 140 Å². The molecular weight excluding hydrogens is 546 g/mol. The summed E-state index contributed by atoms with van der Waals surface area (Å²) in [5, 5.41) is 2.28. The molecule has 0 radical (unpaired) electrons. The van der Waals surface area contributed by atoms with Gasteiger partial charge in [0.25, 0.3) is 0 Å². The van der Waals surface area contributed by atoms with Crippen LogP contribution in [0.4, 0.5) is 0 Å². The van der Waals surface area contributed by atoms with Gasteiger partial charge in [0.1, 0.15) is 11.5 Å². The second kappa shape index (κ2) is 15.3. The van der Waals surface area contributed by atoms with Gasteiger partial charge in [-0.05, 0) is 40.5 Å². The van der Waals surface area contributed by atoms with Gasteiger partial charge in [0.15, 0.2) is 0 Å². The maximum Gasteiger partial charge on any atom is 0.134 e. The van der Waals surface area contributed by atoms with Crippen molar-refractivity contribution >= 4 is 29.1 Å². The average molecular weight is 583 g/mol. The molecule has 0 N–H and O–H groups in total. The molecule has 0 amide bonds. The molecule has 6 aromatic rings. The number of ether oxygens (including phenoxy) is 1. The van der Waals surface area contributed by atoms with Crippen LogP contribution in [0.1, 0.15) is 40.5 Å². The molecule has 3 atom stereocenters. The minimum atomic E-state index is 0.162. The smallest absolute Gasteiger partial charge is 0.134 e. The highest BCUT2D eigenvalue weighted by Crippen LogP contribution is 2.42. The predicted octanol–water partition coefficient (Wildman–Crippen LogP) is 9.52. The zero-order valence-electron chi connectivity index (χ0n) is 23.6. The second-order valence-electron chi connectivity index (χ2n) is 10.2. The summed E-state index contributed by atoms with van der Waals surface area (Å²) in [6.07, 6.45) is 0.931. The molecule has 0 heterocycles. The highest BCUT2D eigenvalue weighted by molar-refractivity contribution is 7.27. The molecule has 6 rings (SSSR count). The van der Waals surface area contributed by atoms with Crippen LogP contribution in [0.2, 0.25) is 0 Å². The molecule has 0 aliphatic rings. The normalized spacial score (nSPS) is 11.3. The molecule has 0 spiro atoms. The Morgan fingerprint density at radius 2 is 0.810 bits per heavy atom. The number of hydrogen-bond acceptors (Lipinski definition) is 1. The van der Waals surface area contributed by atoms with Crippen LogP contribution in [-0.4, -0.2) is 0 Å². The molecule has 1 nitrogen and oxygen atoms in total. The molecule has 0 saturated carbocycles. The van der Waals surface area contributed by atoms with E-state index >= 15 is 0 Å². The first-order chi connectivity index (χ1) is 20.7. The van der Waals surface area contributed by atoms with Crippen LogP contribution in [0, 0.1) is 0 Å². The lowest BCUT2D eigenvalue weighted by molar-refractivity contribution is 0.473. The molecule has 208 valence electrons. The summed E-state index contributed by atoms with van der Waals surface area (Å²) in [6, 6.07) is 59.2. The lowest BCUT2D eigenvalue weighted by Crippen LogP contribution is -2.11. The summed E-state index contributed by atoms with van der Waals surface area (Å²) in [5.41, 5.74) is 5.14. The summed E-state index contributed by atoms with van der Waals surface area (Å²) < 4.78 is 6.51. The summed E-state index contributed by atoms with van der Waals surface area (Å²) in [6.45, 7) is 0. The molecule has 2 unspecified atom stereocenters. The van der Waals surface area contributed by atoms with Crippen molar-refractivity contribution in [2.24, 2.45) is 0 Å². The molecule has 0 fully saturated rings. The Kier molecular flexibility index (Phi) is 10.7. The van der Waals surface area contributed by atoms with Crippen LogP contribution in [0.25, 0.3) is 0 Å². The van der Waals surface area contributed by atoms with Gasteiger partial charge >= 0.3 is 0 Å². The average Bonchev–Trinajstić information content (AvgIpc) is 3.05. The fraction of sp³-hybridized carbons (Fsp3) is 0.0769. The minimum absolute atomic E-state index is 0.162. The summed E-state index contributed by atoms with van der Waals surface area (Å²) >= 11 is 0. The van der Waals surface area contributed by atoms with E-state index in [1.807, 2.05) is 48.5 Å². The first kappa shape index (κ1) is 29.5. The molecule has 0 bridgehead atoms. The van der Waals surface area contributed by atoms with Gasteiger partial charge in [-0.3, -0.25) is 0 Å². The second-order valence-corrected chi connectivity index (χ2v) is 11.4. The molecule has 0 aliphatic heterocycles. The van der Waals surface area contributed by atoms with E-state index in [1.54, 1.807) is 0 Å². The molecule has 0 aliphatic carbocycles. The van der Waals surface area contributed by atoms with E-state index in [-0.39, 0.29) is 11.8 Å². The third-order valence-corrected chi connectivity index (χ3v) is 8.17. The van der Waals surface area contributed by atoms with E-state index in [0.29, 0.717) is 0 Å². The van der Waals surface area contributed by atoms with Crippen molar-refractivity contribution in [3.8, 4) is 11.5 Å². The Hall–Kier alpha value is -4.02. The summed E-state index contributed by atoms with van der Waals surface area (Å²) in [5.74, 6) is 2.18. The maximum atomic E-state index is 6.51. The molecule has 6 aromatic carbocycles. The molecule has 3 heteroatoms. The highest BCUT2D eigenvalue weighted by atomic mass is 31.0. The zero-order valence-corrected chi connectivity index (χ0v) is 25.9. The van der Waals surface area contributed by atoms with E-state index in [9.17, 15) is 0 Å². The van der Waals surface area contributed by atoms with Gasteiger partial charge in [0.05, 0.1) is 0 Å². The SMILES string of the molecule is Pc1ccccc1.Pc1ccccc1Oc1ccccc1[C@@H](CC(c1ccccc1)c1ccccc1)c1ccccc1. The van der Waals surface area contributed by atoms with Crippen LogP contribution in [-0.2, 0) is 0 Å². The Labute approximate surface area is 255 Å². The van der Waals surface area contributed by atoms with Crippen molar-refractivity contribution in [2.75, 3.05) is 0 Å². The Morgan fingerprint density at radius 3 is 1.29 bits per heavy atom. The number of benzene rings is 6. The van der Waals surface area contributed by atoms with Gasteiger partial charge in [-0.2, -0.15) is 0 Å². The minimum Gasteiger partial charge on any atom is -0.456 e. The van der Waals surface area contributed by atoms with E-state index in [0.717, 1.165) is 23.2 Å². The quantitative estimate of drug-likeness (QED) is 0.162. The maximum absolute atomic E-state index is 6.51. The topological polar surface area (TPSA) is 9.23 Å². The van der Waals surface area contributed by atoms with Gasteiger partial charge in [-0.1, -0.05) is 158 Å². The number of hydrogen-bond donors (Lipinski definition) is 0. The number of para-hydroxylation sites is 2. The van der Waals surface area contributed by atoms with Crippen LogP contribution >= 0.6 is 18.5 Å². The fourth-order valence-electron chi connectivity index (χ4n) is 5.21. The Morgan fingerprint density at radius 1 is 0.405 bits per heavy atom. The largest absolute Gasteiger partial charge is 0.456 e. The Balaban J connectivity index is 0.000000442. The predicted molar refractivity (Wildman–Crippen MR) is 186 cm³/mol. The van der Waals surface area contributed by atoms with Crippen LogP contribution < -0.4 is 15.3 Å². The van der Waals surface area contributed by atoms with E-state index < -0.39 is 0 Å². The van der Waals surface area contributed by atoms with Gasteiger partial charge < -0.3 is 4.74 Å². The molecule has 0 aromatic heterocycles. The van der Waals surface area contributed by atoms with Crippen molar-refractivity contribution in [1.82, 2.24) is 0 Å². The van der Waals surface area contributed by atoms with Gasteiger partial charge in [0.2, 0.25) is 0 Å². The standard InChI is InChI=1S/C33H29OP.C6H7P/c35-33-23-13-12-22-32(33)34-31-21-11-10-20-28(31)30(27-18-8-3-9-19-27)24-29(25-14-4-1-5-15-25)26-16-6-2-7-17-26;7-6-4-2-1-3-5-6/h1-23,29-30H,24,35H2;1-5H,7H2/t30-;/m0./s1. The summed E-state index contributed by atoms with van der Waals surface area (Å²) in [4.78, 5) is 0. The first-order valence-corrected chi connectivity index (χ1v) is 15.4. The fourth-order valence-corrected chi connectivity index (χ4v) is 5.69. The van der Waals surface area contributed by atoms with E-state index in [4.69, 9.17) is 4.74 Å². The van der Waals surface area contributed by atoms with Crippen molar-refractivity contribution in [2.45, 2.75) is 18.3 Å². The van der Waals surface area contributed by atoms with E-state index in [1.165, 1.54) is 27.6 Å². The monoisotopic (exact) mass is 582 g/mol. The first-order valence-electron chi connectivity index (χ1n) is 14.3. The lowest BCUT2D eigenvalue weighted by atomic mass is 9.78. The summed E-state index contributed by atoms with van der Waals surface area (Å²) in [7, 11) is 5.41. The van der Waals surface area contributed by atoms with Crippen molar-refractivity contribution in [3.63, 3.8) is 0 Å². The van der Waals surface area contributed by atoms with Crippen LogP contribution in [0.5, 0.6) is 11.5 Å². The molecular formula is C39H36OP2.